The van der Waals surface area contributed by atoms with Crippen LogP contribution >= 0.6 is 0 Å². The molecule has 2 aliphatic rings. The van der Waals surface area contributed by atoms with Crippen molar-refractivity contribution in [3.8, 4) is 0 Å². The highest BCUT2D eigenvalue weighted by atomic mass is 19.1. The number of rotatable bonds is 5. The Balaban J connectivity index is 1.52. The van der Waals surface area contributed by atoms with Gasteiger partial charge in [-0.3, -0.25) is 9.59 Å². The molecule has 1 aromatic rings. The maximum Gasteiger partial charge on any atom is 0.242 e. The molecule has 1 atom stereocenters. The van der Waals surface area contributed by atoms with Gasteiger partial charge < -0.3 is 10.2 Å². The molecule has 0 radical (unpaired) electrons. The van der Waals surface area contributed by atoms with Crippen molar-refractivity contribution in [2.45, 2.75) is 51.0 Å². The van der Waals surface area contributed by atoms with Crippen molar-refractivity contribution in [3.63, 3.8) is 0 Å². The number of amides is 2. The third kappa shape index (κ3) is 4.13. The zero-order chi connectivity index (χ0) is 16.9. The van der Waals surface area contributed by atoms with Crippen LogP contribution in [0.2, 0.25) is 0 Å². The summed E-state index contributed by atoms with van der Waals surface area (Å²) in [6, 6.07) is 6.66. The summed E-state index contributed by atoms with van der Waals surface area (Å²) in [5.41, 5.74) is 0.912. The first kappa shape index (κ1) is 16.9. The lowest BCUT2D eigenvalue weighted by Crippen LogP contribution is -2.44. The van der Waals surface area contributed by atoms with E-state index in [4.69, 9.17) is 0 Å². The second-order valence-electron chi connectivity index (χ2n) is 6.92. The van der Waals surface area contributed by atoms with Crippen molar-refractivity contribution in [3.05, 3.63) is 35.6 Å². The van der Waals surface area contributed by atoms with E-state index in [-0.39, 0.29) is 36.1 Å². The Kier molecular flexibility index (Phi) is 5.48. The highest BCUT2D eigenvalue weighted by molar-refractivity contribution is 5.86. The summed E-state index contributed by atoms with van der Waals surface area (Å²) >= 11 is 0. The fourth-order valence-corrected chi connectivity index (χ4v) is 3.91. The molecule has 0 bridgehead atoms. The number of halogens is 1. The van der Waals surface area contributed by atoms with Gasteiger partial charge in [0, 0.05) is 18.5 Å². The van der Waals surface area contributed by atoms with E-state index in [9.17, 15) is 14.0 Å². The lowest BCUT2D eigenvalue weighted by molar-refractivity contribution is -0.134. The lowest BCUT2D eigenvalue weighted by atomic mass is 10.0. The van der Waals surface area contributed by atoms with E-state index in [2.05, 4.69) is 5.32 Å². The third-order valence-electron chi connectivity index (χ3n) is 5.20. The molecule has 1 saturated carbocycles. The molecule has 1 N–H and O–H groups in total. The van der Waals surface area contributed by atoms with E-state index in [0.717, 1.165) is 50.6 Å². The second-order valence-corrected chi connectivity index (χ2v) is 6.92. The number of carbonyl (C=O) groups is 2. The van der Waals surface area contributed by atoms with Gasteiger partial charge in [0.25, 0.3) is 0 Å². The zero-order valence-corrected chi connectivity index (χ0v) is 14.0. The molecule has 5 heteroatoms. The average Bonchev–Trinajstić information content (AvgIpc) is 3.24. The monoisotopic (exact) mass is 332 g/mol. The van der Waals surface area contributed by atoms with Crippen LogP contribution in [0.1, 0.15) is 44.1 Å². The molecule has 2 amide bonds. The Morgan fingerprint density at radius 1 is 1.17 bits per heavy atom. The zero-order valence-electron chi connectivity index (χ0n) is 14.0. The van der Waals surface area contributed by atoms with Gasteiger partial charge in [0.15, 0.2) is 0 Å². The summed E-state index contributed by atoms with van der Waals surface area (Å²) in [7, 11) is 0. The second kappa shape index (κ2) is 7.77. The van der Waals surface area contributed by atoms with Gasteiger partial charge in [0.1, 0.15) is 5.82 Å². The van der Waals surface area contributed by atoms with Gasteiger partial charge in [0.05, 0.1) is 6.54 Å². The number of hydrogen-bond acceptors (Lipinski definition) is 2. The van der Waals surface area contributed by atoms with Gasteiger partial charge in [-0.05, 0) is 49.8 Å². The summed E-state index contributed by atoms with van der Waals surface area (Å²) < 4.78 is 13.3. The highest BCUT2D eigenvalue weighted by Gasteiger charge is 2.29. The number of carbonyl (C=O) groups excluding carboxylic acids is 2. The molecule has 24 heavy (non-hydrogen) atoms. The van der Waals surface area contributed by atoms with E-state index >= 15 is 0 Å². The van der Waals surface area contributed by atoms with Gasteiger partial charge >= 0.3 is 0 Å². The molecule has 1 aromatic carbocycles. The Morgan fingerprint density at radius 2 is 1.96 bits per heavy atom. The summed E-state index contributed by atoms with van der Waals surface area (Å²) in [6.45, 7) is 0.799. The minimum absolute atomic E-state index is 0.0155. The SMILES string of the molecule is O=C(NCC(=O)N1CCC[C@H]1Cc1cccc(F)c1)C1CCCC1. The molecule has 0 spiro atoms. The normalized spacial score (nSPS) is 21.2. The maximum atomic E-state index is 13.3. The van der Waals surface area contributed by atoms with Crippen LogP contribution in [0.25, 0.3) is 0 Å². The van der Waals surface area contributed by atoms with E-state index in [0.29, 0.717) is 6.42 Å². The smallest absolute Gasteiger partial charge is 0.242 e. The number of nitrogens with zero attached hydrogens (tertiary/aromatic N) is 1. The van der Waals surface area contributed by atoms with Crippen molar-refractivity contribution in [1.29, 1.82) is 0 Å². The molecule has 1 heterocycles. The fourth-order valence-electron chi connectivity index (χ4n) is 3.91. The van der Waals surface area contributed by atoms with Crippen LogP contribution in [-0.4, -0.2) is 35.8 Å². The first-order chi connectivity index (χ1) is 11.6. The quantitative estimate of drug-likeness (QED) is 0.901. The topological polar surface area (TPSA) is 49.4 Å². The Bertz CT molecular complexity index is 599. The van der Waals surface area contributed by atoms with Crippen LogP contribution < -0.4 is 5.32 Å². The van der Waals surface area contributed by atoms with Crippen molar-refractivity contribution < 1.29 is 14.0 Å². The van der Waals surface area contributed by atoms with Crippen molar-refractivity contribution in [1.82, 2.24) is 10.2 Å². The van der Waals surface area contributed by atoms with Gasteiger partial charge in [-0.15, -0.1) is 0 Å². The Morgan fingerprint density at radius 3 is 2.71 bits per heavy atom. The van der Waals surface area contributed by atoms with Crippen LogP contribution in [0.5, 0.6) is 0 Å². The molecule has 1 aliphatic carbocycles. The highest BCUT2D eigenvalue weighted by Crippen LogP contribution is 2.25. The molecular weight excluding hydrogens is 307 g/mol. The Hall–Kier alpha value is -1.91. The molecule has 0 aromatic heterocycles. The van der Waals surface area contributed by atoms with Crippen LogP contribution in [0.15, 0.2) is 24.3 Å². The number of benzene rings is 1. The fraction of sp³-hybridized carbons (Fsp3) is 0.579. The van der Waals surface area contributed by atoms with E-state index in [1.54, 1.807) is 6.07 Å². The lowest BCUT2D eigenvalue weighted by Gasteiger charge is -2.25. The molecule has 130 valence electrons. The minimum atomic E-state index is -0.243. The number of nitrogens with one attached hydrogen (secondary N) is 1. The summed E-state index contributed by atoms with van der Waals surface area (Å²) in [5.74, 6) is -0.173. The molecular formula is C19H25FN2O2. The maximum absolute atomic E-state index is 13.3. The van der Waals surface area contributed by atoms with Gasteiger partial charge in [-0.25, -0.2) is 4.39 Å². The Labute approximate surface area is 142 Å². The summed E-state index contributed by atoms with van der Waals surface area (Å²) in [6.07, 6.45) is 6.64. The van der Waals surface area contributed by atoms with Gasteiger partial charge in [-0.1, -0.05) is 25.0 Å². The first-order valence-corrected chi connectivity index (χ1v) is 8.95. The largest absolute Gasteiger partial charge is 0.347 e. The molecule has 2 fully saturated rings. The molecule has 1 saturated heterocycles. The molecule has 1 aliphatic heterocycles. The minimum Gasteiger partial charge on any atom is -0.347 e. The van der Waals surface area contributed by atoms with Gasteiger partial charge in [-0.2, -0.15) is 0 Å². The van der Waals surface area contributed by atoms with E-state index in [1.807, 2.05) is 11.0 Å². The summed E-state index contributed by atoms with van der Waals surface area (Å²) in [4.78, 5) is 26.4. The van der Waals surface area contributed by atoms with Crippen LogP contribution in [0.4, 0.5) is 4.39 Å². The van der Waals surface area contributed by atoms with E-state index in [1.165, 1.54) is 12.1 Å². The van der Waals surface area contributed by atoms with E-state index < -0.39 is 0 Å². The predicted octanol–water partition coefficient (Wildman–Crippen LogP) is 2.67. The van der Waals surface area contributed by atoms with Crippen molar-refractivity contribution in [2.75, 3.05) is 13.1 Å². The van der Waals surface area contributed by atoms with Crippen LogP contribution in [0, 0.1) is 11.7 Å². The van der Waals surface area contributed by atoms with Crippen LogP contribution in [0.3, 0.4) is 0 Å². The predicted molar refractivity (Wildman–Crippen MR) is 89.8 cm³/mol. The number of likely N-dealkylation sites (tertiary alicyclic amines) is 1. The third-order valence-corrected chi connectivity index (χ3v) is 5.20. The summed E-state index contributed by atoms with van der Waals surface area (Å²) in [5, 5.41) is 2.80. The average molecular weight is 332 g/mol. The molecule has 3 rings (SSSR count). The first-order valence-electron chi connectivity index (χ1n) is 8.95. The van der Waals surface area contributed by atoms with Crippen molar-refractivity contribution in [2.24, 2.45) is 5.92 Å². The number of hydrogen-bond donors (Lipinski definition) is 1. The molecule has 0 unspecified atom stereocenters. The molecule has 4 nitrogen and oxygen atoms in total. The van der Waals surface area contributed by atoms with Gasteiger partial charge in [0.2, 0.25) is 11.8 Å². The standard InChI is InChI=1S/C19H25FN2O2/c20-16-8-3-5-14(11-16)12-17-9-4-10-22(17)18(23)13-21-19(24)15-6-1-2-7-15/h3,5,8,11,15,17H,1-2,4,6-7,9-10,12-13H2,(H,21,24)/t17-/m0/s1. The van der Waals surface area contributed by atoms with Crippen molar-refractivity contribution >= 4 is 11.8 Å². The van der Waals surface area contributed by atoms with Crippen LogP contribution in [-0.2, 0) is 16.0 Å².